The molecule has 0 aliphatic heterocycles. The summed E-state index contributed by atoms with van der Waals surface area (Å²) in [6, 6.07) is -0.121. The predicted octanol–water partition coefficient (Wildman–Crippen LogP) is 2.29. The van der Waals surface area contributed by atoms with Gasteiger partial charge in [-0.3, -0.25) is 0 Å². The van der Waals surface area contributed by atoms with E-state index in [1.807, 2.05) is 5.32 Å². The lowest BCUT2D eigenvalue weighted by Gasteiger charge is -2.10. The van der Waals surface area contributed by atoms with Gasteiger partial charge >= 0.3 is 12.2 Å². The molecule has 9 heteroatoms. The van der Waals surface area contributed by atoms with Crippen LogP contribution in [-0.4, -0.2) is 33.8 Å². The van der Waals surface area contributed by atoms with E-state index in [-0.39, 0.29) is 23.3 Å². The first-order valence-corrected chi connectivity index (χ1v) is 5.03. The Bertz CT molecular complexity index is 386. The van der Waals surface area contributed by atoms with Gasteiger partial charge in [0.25, 0.3) is 0 Å². The molecule has 1 rings (SSSR count). The highest BCUT2D eigenvalue weighted by molar-refractivity contribution is 6.28. The highest BCUT2D eigenvalue weighted by Crippen LogP contribution is 2.17. The van der Waals surface area contributed by atoms with Crippen LogP contribution < -0.4 is 10.1 Å². The summed E-state index contributed by atoms with van der Waals surface area (Å²) in [7, 11) is 0. The van der Waals surface area contributed by atoms with Gasteiger partial charge in [0.15, 0.2) is 0 Å². The number of aromatic nitrogens is 3. The minimum absolute atomic E-state index is 0.121. The molecule has 1 aromatic rings. The molecule has 0 aromatic carbocycles. The number of hydrogen-bond acceptors (Lipinski definition) is 5. The molecule has 1 heterocycles. The Morgan fingerprint density at radius 2 is 1.94 bits per heavy atom. The fourth-order valence-corrected chi connectivity index (χ4v) is 1.01. The number of ether oxygens (including phenoxy) is 1. The summed E-state index contributed by atoms with van der Waals surface area (Å²) in [5, 5.41) is 1.75. The maximum atomic E-state index is 12.0. The second-order valence-corrected chi connectivity index (χ2v) is 3.68. The number of hydrogen-bond donors (Lipinski definition) is 1. The van der Waals surface area contributed by atoms with Crippen LogP contribution >= 0.6 is 11.6 Å². The van der Waals surface area contributed by atoms with Crippen LogP contribution in [0.5, 0.6) is 6.01 Å². The first kappa shape index (κ1) is 13.8. The average molecular weight is 271 g/mol. The maximum Gasteiger partial charge on any atom is 0.405 e. The molecule has 0 spiro atoms. The van der Waals surface area contributed by atoms with Crippen molar-refractivity contribution in [1.82, 2.24) is 15.0 Å². The molecule has 1 aromatic heterocycles. The van der Waals surface area contributed by atoms with Crippen LogP contribution in [0, 0.1) is 0 Å². The Kier molecular flexibility index (Phi) is 4.33. The third kappa shape index (κ3) is 5.53. The predicted molar refractivity (Wildman–Crippen MR) is 55.1 cm³/mol. The van der Waals surface area contributed by atoms with Crippen molar-refractivity contribution in [3.63, 3.8) is 0 Å². The molecule has 0 saturated carbocycles. The van der Waals surface area contributed by atoms with Crippen LogP contribution in [0.2, 0.25) is 5.28 Å². The summed E-state index contributed by atoms with van der Waals surface area (Å²) in [4.78, 5) is 10.8. The largest absolute Gasteiger partial charge is 0.461 e. The van der Waals surface area contributed by atoms with Crippen molar-refractivity contribution in [2.45, 2.75) is 26.1 Å². The second-order valence-electron chi connectivity index (χ2n) is 3.35. The van der Waals surface area contributed by atoms with Gasteiger partial charge in [0.1, 0.15) is 6.54 Å². The summed E-state index contributed by atoms with van der Waals surface area (Å²) in [5.41, 5.74) is 0. The van der Waals surface area contributed by atoms with Gasteiger partial charge in [0, 0.05) is 0 Å². The highest BCUT2D eigenvalue weighted by Gasteiger charge is 2.27. The van der Waals surface area contributed by atoms with Crippen molar-refractivity contribution < 1.29 is 17.9 Å². The molecule has 0 aliphatic carbocycles. The van der Waals surface area contributed by atoms with E-state index in [2.05, 4.69) is 15.0 Å². The quantitative estimate of drug-likeness (QED) is 0.909. The Morgan fingerprint density at radius 1 is 1.29 bits per heavy atom. The lowest BCUT2D eigenvalue weighted by molar-refractivity contribution is -0.115. The third-order valence-electron chi connectivity index (χ3n) is 1.38. The Labute approximate surface area is 100 Å². The summed E-state index contributed by atoms with van der Waals surface area (Å²) in [6.45, 7) is 2.19. The van der Waals surface area contributed by atoms with Gasteiger partial charge in [-0.25, -0.2) is 0 Å². The number of nitrogens with one attached hydrogen (secondary N) is 1. The fourth-order valence-electron chi connectivity index (χ4n) is 0.854. The SMILES string of the molecule is CC(C)Oc1nc(Cl)nc(NCC(F)(F)F)n1. The molecule has 0 unspecified atom stereocenters. The smallest absolute Gasteiger partial charge is 0.405 e. The first-order valence-electron chi connectivity index (χ1n) is 4.65. The van der Waals surface area contributed by atoms with Crippen LogP contribution in [0.4, 0.5) is 19.1 Å². The summed E-state index contributed by atoms with van der Waals surface area (Å²) in [6.07, 6.45) is -4.58. The van der Waals surface area contributed by atoms with Crippen LogP contribution in [0.25, 0.3) is 0 Å². The summed E-state index contributed by atoms with van der Waals surface area (Å²) >= 11 is 5.52. The molecular formula is C8H10ClF3N4O. The van der Waals surface area contributed by atoms with E-state index < -0.39 is 12.7 Å². The third-order valence-corrected chi connectivity index (χ3v) is 1.54. The van der Waals surface area contributed by atoms with Crippen LogP contribution in [-0.2, 0) is 0 Å². The Hall–Kier alpha value is -1.31. The maximum absolute atomic E-state index is 12.0. The molecule has 0 fully saturated rings. The fraction of sp³-hybridized carbons (Fsp3) is 0.625. The van der Waals surface area contributed by atoms with E-state index in [1.165, 1.54) is 0 Å². The second kappa shape index (κ2) is 5.35. The lowest BCUT2D eigenvalue weighted by Crippen LogP contribution is -2.22. The molecule has 0 aliphatic rings. The zero-order valence-electron chi connectivity index (χ0n) is 9.05. The van der Waals surface area contributed by atoms with Gasteiger partial charge in [-0.1, -0.05) is 0 Å². The molecule has 0 radical (unpaired) electrons. The molecule has 0 amide bonds. The van der Waals surface area contributed by atoms with E-state index in [0.29, 0.717) is 0 Å². The van der Waals surface area contributed by atoms with Gasteiger partial charge < -0.3 is 10.1 Å². The zero-order valence-corrected chi connectivity index (χ0v) is 9.80. The average Bonchev–Trinajstić information content (AvgIpc) is 2.11. The molecule has 0 bridgehead atoms. The van der Waals surface area contributed by atoms with Gasteiger partial charge in [-0.15, -0.1) is 0 Å². The minimum atomic E-state index is -4.36. The van der Waals surface area contributed by atoms with Crippen molar-refractivity contribution in [3.05, 3.63) is 5.28 Å². The highest BCUT2D eigenvalue weighted by atomic mass is 35.5. The normalized spacial score (nSPS) is 11.7. The molecular weight excluding hydrogens is 261 g/mol. The number of nitrogens with zero attached hydrogens (tertiary/aromatic N) is 3. The van der Waals surface area contributed by atoms with E-state index >= 15 is 0 Å². The summed E-state index contributed by atoms with van der Waals surface area (Å²) < 4.78 is 41.0. The van der Waals surface area contributed by atoms with E-state index in [1.54, 1.807) is 13.8 Å². The summed E-state index contributed by atoms with van der Waals surface area (Å²) in [5.74, 6) is -0.280. The minimum Gasteiger partial charge on any atom is -0.461 e. The van der Waals surface area contributed by atoms with Gasteiger partial charge in [-0.2, -0.15) is 28.1 Å². The Balaban J connectivity index is 2.75. The van der Waals surface area contributed by atoms with Crippen molar-refractivity contribution >= 4 is 17.5 Å². The molecule has 1 N–H and O–H groups in total. The van der Waals surface area contributed by atoms with Crippen molar-refractivity contribution in [2.75, 3.05) is 11.9 Å². The standard InChI is InChI=1S/C8H10ClF3N4O/c1-4(2)17-7-15-5(9)14-6(16-7)13-3-8(10,11)12/h4H,3H2,1-2H3,(H,13,14,15,16). The van der Waals surface area contributed by atoms with Crippen molar-refractivity contribution in [2.24, 2.45) is 0 Å². The monoisotopic (exact) mass is 270 g/mol. The number of halogens is 4. The zero-order chi connectivity index (χ0) is 13.1. The van der Waals surface area contributed by atoms with Crippen LogP contribution in [0.15, 0.2) is 0 Å². The Morgan fingerprint density at radius 3 is 2.47 bits per heavy atom. The molecule has 96 valence electrons. The van der Waals surface area contributed by atoms with E-state index in [9.17, 15) is 13.2 Å². The van der Waals surface area contributed by atoms with Gasteiger partial charge in [-0.05, 0) is 25.4 Å². The van der Waals surface area contributed by atoms with Crippen LogP contribution in [0.1, 0.15) is 13.8 Å². The van der Waals surface area contributed by atoms with E-state index in [4.69, 9.17) is 16.3 Å². The molecule has 5 nitrogen and oxygen atoms in total. The number of anilines is 1. The lowest BCUT2D eigenvalue weighted by atomic mass is 10.5. The number of rotatable bonds is 4. The molecule has 0 saturated heterocycles. The number of alkyl halides is 3. The van der Waals surface area contributed by atoms with E-state index in [0.717, 1.165) is 0 Å². The van der Waals surface area contributed by atoms with Crippen molar-refractivity contribution in [3.8, 4) is 6.01 Å². The topological polar surface area (TPSA) is 59.9 Å². The van der Waals surface area contributed by atoms with Crippen LogP contribution in [0.3, 0.4) is 0 Å². The molecule has 0 atom stereocenters. The van der Waals surface area contributed by atoms with Gasteiger partial charge in [0.05, 0.1) is 6.10 Å². The first-order chi connectivity index (χ1) is 7.76. The van der Waals surface area contributed by atoms with Crippen molar-refractivity contribution in [1.29, 1.82) is 0 Å². The van der Waals surface area contributed by atoms with Gasteiger partial charge in [0.2, 0.25) is 11.2 Å². The molecule has 17 heavy (non-hydrogen) atoms.